The third-order valence-electron chi connectivity index (χ3n) is 12.0. The molecule has 0 amide bonds. The number of hydrogen-bond donors (Lipinski definition) is 0. The summed E-state index contributed by atoms with van der Waals surface area (Å²) in [5.41, 5.74) is 18.3. The molecule has 0 bridgehead atoms. The maximum absolute atomic E-state index is 2.56. The number of rotatable bonds is 4. The van der Waals surface area contributed by atoms with E-state index in [0.717, 1.165) is 12.8 Å². The third kappa shape index (κ3) is 4.45. The van der Waals surface area contributed by atoms with Gasteiger partial charge in [0.2, 0.25) is 0 Å². The molecule has 0 spiro atoms. The van der Waals surface area contributed by atoms with Gasteiger partial charge in [0.15, 0.2) is 0 Å². The number of aromatic nitrogens is 2. The fraction of sp³-hybridized carbons (Fsp3) is 0.0980. The molecule has 0 radical (unpaired) electrons. The zero-order valence-corrected chi connectivity index (χ0v) is 30.0. The lowest BCUT2D eigenvalue weighted by Gasteiger charge is -2.26. The van der Waals surface area contributed by atoms with E-state index in [2.05, 4.69) is 193 Å². The smallest absolute Gasteiger partial charge is 0.0541 e. The van der Waals surface area contributed by atoms with Gasteiger partial charge in [0.05, 0.1) is 22.1 Å². The van der Waals surface area contributed by atoms with Gasteiger partial charge in [-0.15, -0.1) is 0 Å². The summed E-state index contributed by atoms with van der Waals surface area (Å²) in [4.78, 5) is 0. The number of benzene rings is 7. The quantitative estimate of drug-likeness (QED) is 0.175. The topological polar surface area (TPSA) is 9.86 Å². The average molecular weight is 679 g/mol. The highest BCUT2D eigenvalue weighted by Crippen LogP contribution is 2.52. The Labute approximate surface area is 309 Å². The molecule has 2 heteroatoms. The second-order valence-corrected chi connectivity index (χ2v) is 15.3. The van der Waals surface area contributed by atoms with Gasteiger partial charge in [0.25, 0.3) is 0 Å². The standard InChI is InChI=1S/C51H38N2/c1-51(2)45-19-11-9-17-39(45)40-25-24-38(32-46(40)51)53-49-26-21-34(33-13-5-3-6-14-33)29-43(49)44-31-36(23-28-50(44)53)35-22-27-48-42(30-35)41-18-10-12-20-47(41)52(48)37-15-7-4-8-16-37/h3-23,26-32H,24-25H2,1-2H3. The molecule has 0 atom stereocenters. The van der Waals surface area contributed by atoms with Gasteiger partial charge in [-0.25, -0.2) is 0 Å². The highest BCUT2D eigenvalue weighted by molar-refractivity contribution is 6.14. The first-order valence-electron chi connectivity index (χ1n) is 18.8. The lowest BCUT2D eigenvalue weighted by molar-refractivity contribution is 0.651. The highest BCUT2D eigenvalue weighted by atomic mass is 15.0. The average Bonchev–Trinajstić information content (AvgIpc) is 3.80. The van der Waals surface area contributed by atoms with Gasteiger partial charge in [-0.3, -0.25) is 0 Å². The fourth-order valence-electron chi connectivity index (χ4n) is 9.49. The molecule has 252 valence electrons. The Kier molecular flexibility index (Phi) is 6.46. The van der Waals surface area contributed by atoms with Gasteiger partial charge in [-0.2, -0.15) is 0 Å². The summed E-state index contributed by atoms with van der Waals surface area (Å²) in [6, 6.07) is 60.5. The molecule has 7 aromatic carbocycles. The van der Waals surface area contributed by atoms with Crippen LogP contribution in [0.25, 0.3) is 82.8 Å². The Hall–Kier alpha value is -6.38. The Balaban J connectivity index is 1.12. The molecule has 9 aromatic rings. The molecule has 53 heavy (non-hydrogen) atoms. The highest BCUT2D eigenvalue weighted by Gasteiger charge is 2.38. The summed E-state index contributed by atoms with van der Waals surface area (Å²) in [5, 5.41) is 5.12. The van der Waals surface area contributed by atoms with Crippen LogP contribution in [0.3, 0.4) is 0 Å². The number of fused-ring (bicyclic) bond motifs is 8. The SMILES string of the molecule is CC1(C)C2=C(CCC(n3c4ccc(-c5ccccc5)cc4c4cc(-c5ccc6c(c5)c5ccccc5n6-c5ccccc5)ccc43)=C2)c2ccccc21. The van der Waals surface area contributed by atoms with Crippen LogP contribution in [0.1, 0.15) is 37.8 Å². The Bertz CT molecular complexity index is 3000. The molecule has 0 unspecified atom stereocenters. The summed E-state index contributed by atoms with van der Waals surface area (Å²) < 4.78 is 4.95. The van der Waals surface area contributed by atoms with Gasteiger partial charge in [-0.05, 0) is 118 Å². The van der Waals surface area contributed by atoms with E-state index in [4.69, 9.17) is 0 Å². The van der Waals surface area contributed by atoms with E-state index < -0.39 is 0 Å². The van der Waals surface area contributed by atoms with Crippen molar-refractivity contribution >= 4 is 54.9 Å². The summed E-state index contributed by atoms with van der Waals surface area (Å²) in [5.74, 6) is 0. The normalized spacial score (nSPS) is 15.0. The van der Waals surface area contributed by atoms with Crippen molar-refractivity contribution in [2.75, 3.05) is 0 Å². The molecule has 0 aliphatic heterocycles. The minimum absolute atomic E-state index is 0.0215. The minimum Gasteiger partial charge on any atom is -0.313 e. The molecule has 2 aromatic heterocycles. The van der Waals surface area contributed by atoms with E-state index in [-0.39, 0.29) is 5.41 Å². The lowest BCUT2D eigenvalue weighted by atomic mass is 9.79. The molecule has 0 fully saturated rings. The number of nitrogens with zero attached hydrogens (tertiary/aromatic N) is 2. The molecular weight excluding hydrogens is 641 g/mol. The number of hydrogen-bond acceptors (Lipinski definition) is 0. The molecule has 2 aliphatic carbocycles. The van der Waals surface area contributed by atoms with Crippen LogP contribution >= 0.6 is 0 Å². The first-order valence-corrected chi connectivity index (χ1v) is 18.8. The van der Waals surface area contributed by atoms with Gasteiger partial charge < -0.3 is 9.13 Å². The van der Waals surface area contributed by atoms with E-state index in [1.165, 1.54) is 99.5 Å². The second kappa shape index (κ2) is 11.3. The molecule has 2 aliphatic rings. The van der Waals surface area contributed by atoms with Crippen molar-refractivity contribution in [1.82, 2.24) is 9.13 Å². The fourth-order valence-corrected chi connectivity index (χ4v) is 9.49. The summed E-state index contributed by atoms with van der Waals surface area (Å²) in [7, 11) is 0. The molecule has 0 saturated carbocycles. The van der Waals surface area contributed by atoms with Crippen LogP contribution in [0, 0.1) is 0 Å². The summed E-state index contributed by atoms with van der Waals surface area (Å²) >= 11 is 0. The van der Waals surface area contributed by atoms with Crippen molar-refractivity contribution < 1.29 is 0 Å². The minimum atomic E-state index is -0.0215. The first kappa shape index (κ1) is 30.3. The monoisotopic (exact) mass is 678 g/mol. The zero-order valence-electron chi connectivity index (χ0n) is 30.0. The molecule has 11 rings (SSSR count). The largest absolute Gasteiger partial charge is 0.313 e. The molecule has 2 nitrogen and oxygen atoms in total. The Morgan fingerprint density at radius 1 is 0.434 bits per heavy atom. The van der Waals surface area contributed by atoms with Crippen LogP contribution < -0.4 is 0 Å². The van der Waals surface area contributed by atoms with Gasteiger partial charge in [-0.1, -0.05) is 123 Å². The predicted octanol–water partition coefficient (Wildman–Crippen LogP) is 13.6. The van der Waals surface area contributed by atoms with E-state index in [9.17, 15) is 0 Å². The predicted molar refractivity (Wildman–Crippen MR) is 225 cm³/mol. The van der Waals surface area contributed by atoms with Crippen molar-refractivity contribution in [2.24, 2.45) is 0 Å². The molecular formula is C51H38N2. The summed E-state index contributed by atoms with van der Waals surface area (Å²) in [6.45, 7) is 4.79. The first-order chi connectivity index (χ1) is 26.0. The maximum Gasteiger partial charge on any atom is 0.0541 e. The Morgan fingerprint density at radius 3 is 1.66 bits per heavy atom. The summed E-state index contributed by atoms with van der Waals surface area (Å²) in [6.07, 6.45) is 4.58. The van der Waals surface area contributed by atoms with Crippen LogP contribution in [0.15, 0.2) is 175 Å². The maximum atomic E-state index is 2.56. The van der Waals surface area contributed by atoms with Crippen LogP contribution in [-0.4, -0.2) is 9.13 Å². The van der Waals surface area contributed by atoms with Crippen molar-refractivity contribution in [3.63, 3.8) is 0 Å². The van der Waals surface area contributed by atoms with Gasteiger partial charge in [0.1, 0.15) is 0 Å². The second-order valence-electron chi connectivity index (χ2n) is 15.3. The number of allylic oxidation sites excluding steroid dienone is 4. The number of para-hydroxylation sites is 2. The van der Waals surface area contributed by atoms with Crippen molar-refractivity contribution in [3.8, 4) is 27.9 Å². The van der Waals surface area contributed by atoms with E-state index in [1.807, 2.05) is 0 Å². The molecule has 2 heterocycles. The van der Waals surface area contributed by atoms with Crippen LogP contribution in [-0.2, 0) is 5.41 Å². The van der Waals surface area contributed by atoms with Crippen LogP contribution in [0.4, 0.5) is 0 Å². The van der Waals surface area contributed by atoms with Crippen molar-refractivity contribution in [3.05, 3.63) is 187 Å². The van der Waals surface area contributed by atoms with E-state index in [0.29, 0.717) is 0 Å². The van der Waals surface area contributed by atoms with E-state index >= 15 is 0 Å². The molecule has 0 N–H and O–H groups in total. The van der Waals surface area contributed by atoms with E-state index in [1.54, 1.807) is 0 Å². The van der Waals surface area contributed by atoms with Crippen LogP contribution in [0.2, 0.25) is 0 Å². The van der Waals surface area contributed by atoms with Crippen molar-refractivity contribution in [1.29, 1.82) is 0 Å². The zero-order chi connectivity index (χ0) is 35.3. The van der Waals surface area contributed by atoms with Gasteiger partial charge >= 0.3 is 0 Å². The molecule has 0 saturated heterocycles. The lowest BCUT2D eigenvalue weighted by Crippen LogP contribution is -2.17. The van der Waals surface area contributed by atoms with Crippen LogP contribution in [0.5, 0.6) is 0 Å². The third-order valence-corrected chi connectivity index (χ3v) is 12.0. The Morgan fingerprint density at radius 2 is 0.962 bits per heavy atom. The van der Waals surface area contributed by atoms with Crippen molar-refractivity contribution in [2.45, 2.75) is 32.1 Å². The van der Waals surface area contributed by atoms with Gasteiger partial charge in [0, 0.05) is 38.3 Å².